The third-order valence-corrected chi connectivity index (χ3v) is 18.1. The Kier molecular flexibility index (Phi) is 28.6. The fraction of sp³-hybridized carbons (Fsp3) is 0.411. The summed E-state index contributed by atoms with van der Waals surface area (Å²) in [7, 11) is 0. The molecule has 3 heterocycles. The molecule has 1 aromatic heterocycles. The van der Waals surface area contributed by atoms with Crippen molar-refractivity contribution in [1.82, 2.24) is 57.7 Å². The van der Waals surface area contributed by atoms with E-state index < -0.39 is 151 Å². The lowest BCUT2D eigenvalue weighted by molar-refractivity contribution is -0.142. The Morgan fingerprint density at radius 2 is 1.21 bits per heavy atom. The quantitative estimate of drug-likeness (QED) is 0.0189. The van der Waals surface area contributed by atoms with E-state index in [0.29, 0.717) is 34.0 Å². The number of aromatic amines is 1. The number of H-pyrrole nitrogens is 1. The van der Waals surface area contributed by atoms with E-state index in [-0.39, 0.29) is 107 Å². The van der Waals surface area contributed by atoms with Gasteiger partial charge in [0.25, 0.3) is 0 Å². The Hall–Kier alpha value is -11.7. The highest BCUT2D eigenvalue weighted by atomic mass is 19.1. The zero-order valence-corrected chi connectivity index (χ0v) is 58.5. The molecule has 10 atom stereocenters. The molecule has 23 N–H and O–H groups in total. The second-order valence-corrected chi connectivity index (χ2v) is 26.7. The molecule has 2 aliphatic heterocycles. The Balaban J connectivity index is 1.16. The fourth-order valence-corrected chi connectivity index (χ4v) is 12.6. The van der Waals surface area contributed by atoms with Gasteiger partial charge in [0.2, 0.25) is 65.0 Å². The maximum absolute atomic E-state index is 15.5. The Labute approximate surface area is 605 Å². The van der Waals surface area contributed by atoms with Gasteiger partial charge in [0, 0.05) is 69.0 Å². The Morgan fingerprint density at radius 3 is 1.90 bits per heavy atom. The maximum atomic E-state index is 15.5. The number of para-hydroxylation sites is 1. The number of fused-ring (bicyclic) bond motifs is 3. The van der Waals surface area contributed by atoms with Crippen LogP contribution in [0.25, 0.3) is 21.7 Å². The van der Waals surface area contributed by atoms with Crippen LogP contribution in [0.1, 0.15) is 93.9 Å². The van der Waals surface area contributed by atoms with Gasteiger partial charge in [-0.3, -0.25) is 62.7 Å². The standard InChI is InChI=1S/C73H94FN19O12/c1-40(2)32-55-66(100)87-54(15-8-30-82-73(79)80)71(105)93-31-9-16-60(93)70(104)92-59(62(76)96)39-84-61(95)28-27-53(65(99)90-57(36-42-20-25-48(94)26-21-42)67(101)85-52(64(98)89-55)14-7-29-81-72(77)78)86-69(103)58(37-46-38-83-51-13-6-5-12-49(46)51)91-68(102)56(35-41-18-23-47(74)24-19-41)88-63(97)50(75)34-43-17-22-44-10-3-4-11-45(44)33-43/h3-6,10-13,17-26,33,38,40,50,52-60,83,94H,7-9,14-16,27-32,34-37,39,75H2,1-2H3,(H2,76,96)(H,84,95)(H,85,101)(H,86,103)(H,87,100)(H,88,97)(H,89,98)(H,90,99)(H,91,102)(H,92,104)(H4,77,78,81)(H4,79,80,82)/t50-,52-,53+,54+,55+,56-,57+,58+,59+,60+/m1/s1. The van der Waals surface area contributed by atoms with E-state index in [1.807, 2.05) is 42.5 Å². The van der Waals surface area contributed by atoms with Crippen molar-refractivity contribution < 1.29 is 62.2 Å². The predicted octanol–water partition coefficient (Wildman–Crippen LogP) is -0.818. The van der Waals surface area contributed by atoms with Gasteiger partial charge in [0.1, 0.15) is 65.9 Å². The number of aromatic nitrogens is 1. The van der Waals surface area contributed by atoms with Crippen LogP contribution in [0.4, 0.5) is 4.39 Å². The summed E-state index contributed by atoms with van der Waals surface area (Å²) < 4.78 is 14.4. The van der Waals surface area contributed by atoms with Crippen molar-refractivity contribution in [3.8, 4) is 5.75 Å². The van der Waals surface area contributed by atoms with E-state index in [1.165, 1.54) is 53.4 Å². The van der Waals surface area contributed by atoms with Crippen LogP contribution in [0, 0.1) is 11.7 Å². The molecule has 0 saturated carbocycles. The summed E-state index contributed by atoms with van der Waals surface area (Å²) in [6, 6.07) is 16.3. The minimum Gasteiger partial charge on any atom is -0.508 e. The number of rotatable bonds is 25. The van der Waals surface area contributed by atoms with Crippen LogP contribution >= 0.6 is 0 Å². The highest BCUT2D eigenvalue weighted by Gasteiger charge is 2.41. The molecule has 2 saturated heterocycles. The molecule has 105 heavy (non-hydrogen) atoms. The molecule has 2 fully saturated rings. The lowest BCUT2D eigenvalue weighted by Gasteiger charge is -2.31. The largest absolute Gasteiger partial charge is 0.508 e. The lowest BCUT2D eigenvalue weighted by Crippen LogP contribution is -2.61. The van der Waals surface area contributed by atoms with Gasteiger partial charge in [-0.05, 0) is 127 Å². The first-order valence-electron chi connectivity index (χ1n) is 34.9. The summed E-state index contributed by atoms with van der Waals surface area (Å²) in [4.78, 5) is 174. The molecule has 0 unspecified atom stereocenters. The molecule has 6 aromatic rings. The predicted molar refractivity (Wildman–Crippen MR) is 390 cm³/mol. The Morgan fingerprint density at radius 1 is 0.619 bits per heavy atom. The van der Waals surface area contributed by atoms with Gasteiger partial charge < -0.3 is 97.2 Å². The number of primary amides is 1. The summed E-state index contributed by atoms with van der Waals surface area (Å²) in [5.41, 5.74) is 37.5. The van der Waals surface area contributed by atoms with E-state index in [2.05, 4.69) is 62.8 Å². The fourth-order valence-electron chi connectivity index (χ4n) is 12.6. The number of nitrogens with one attached hydrogen (secondary N) is 10. The number of nitrogens with two attached hydrogens (primary N) is 6. The molecular formula is C73H94FN19O12. The molecule has 11 amide bonds. The minimum atomic E-state index is -1.80. The number of guanidine groups is 2. The zero-order valence-electron chi connectivity index (χ0n) is 58.5. The normalized spacial score (nSPS) is 20.4. The lowest BCUT2D eigenvalue weighted by atomic mass is 9.99. The highest BCUT2D eigenvalue weighted by Crippen LogP contribution is 2.24. The topological polar surface area (TPSA) is 516 Å². The van der Waals surface area contributed by atoms with Crippen molar-refractivity contribution in [1.29, 1.82) is 0 Å². The van der Waals surface area contributed by atoms with Crippen molar-refractivity contribution in [2.45, 2.75) is 158 Å². The smallest absolute Gasteiger partial charge is 0.245 e. The second-order valence-electron chi connectivity index (χ2n) is 26.7. The van der Waals surface area contributed by atoms with Gasteiger partial charge in [-0.15, -0.1) is 0 Å². The SMILES string of the molecule is CC(C)C[C@@H]1NC(=O)[C@@H](CCCN=C(N)N)NC(=O)[C@H](Cc2ccc(O)cc2)NC(=O)[C@@H](NC(=O)[C@H](Cc2c[nH]c3ccccc23)NC(=O)[C@@H](Cc2ccc(F)cc2)NC(=O)[C@H](N)Cc2ccc3ccccc3c2)CCC(=O)NC[C@@H](C(N)=O)NC(=O)[C@@H]2CCCN2C(=O)[C@H](CCCN=C(N)N)NC1=O. The number of aliphatic imine (C=N–C) groups is 2. The molecule has 0 bridgehead atoms. The summed E-state index contributed by atoms with van der Waals surface area (Å²) in [6.45, 7) is 3.00. The zero-order chi connectivity index (χ0) is 75.9. The van der Waals surface area contributed by atoms with E-state index in [0.717, 1.165) is 16.3 Å². The van der Waals surface area contributed by atoms with Crippen LogP contribution in [0.15, 0.2) is 131 Å². The Bertz CT molecular complexity index is 4150. The van der Waals surface area contributed by atoms with E-state index in [9.17, 15) is 43.1 Å². The van der Waals surface area contributed by atoms with Crippen molar-refractivity contribution in [2.24, 2.45) is 50.3 Å². The highest BCUT2D eigenvalue weighted by molar-refractivity contribution is 6.00. The molecule has 5 aromatic carbocycles. The van der Waals surface area contributed by atoms with Crippen molar-refractivity contribution >= 4 is 98.6 Å². The van der Waals surface area contributed by atoms with Crippen LogP contribution < -0.4 is 82.3 Å². The van der Waals surface area contributed by atoms with Crippen molar-refractivity contribution in [3.63, 3.8) is 0 Å². The summed E-state index contributed by atoms with van der Waals surface area (Å²) in [5.74, 6) is -11.4. The van der Waals surface area contributed by atoms with E-state index in [4.69, 9.17) is 34.4 Å². The molecule has 31 nitrogen and oxygen atoms in total. The molecule has 32 heteroatoms. The molecule has 8 rings (SSSR count). The average molecular weight is 1450 g/mol. The van der Waals surface area contributed by atoms with Crippen LogP contribution in [0.5, 0.6) is 5.75 Å². The van der Waals surface area contributed by atoms with Crippen molar-refractivity contribution in [3.05, 3.63) is 150 Å². The number of hydrogen-bond donors (Lipinski definition) is 17. The number of carbonyl (C=O) groups is 11. The first-order chi connectivity index (χ1) is 50.2. The molecule has 0 aliphatic carbocycles. The van der Waals surface area contributed by atoms with E-state index in [1.54, 1.807) is 44.3 Å². The molecule has 560 valence electrons. The van der Waals surface area contributed by atoms with Crippen LogP contribution in [-0.4, -0.2) is 178 Å². The minimum absolute atomic E-state index is 0.00489. The summed E-state index contributed by atoms with van der Waals surface area (Å²) in [5, 5.41) is 37.1. The monoisotopic (exact) mass is 1450 g/mol. The van der Waals surface area contributed by atoms with Crippen molar-refractivity contribution in [2.75, 3.05) is 26.2 Å². The molecular weight excluding hydrogens is 1350 g/mol. The third kappa shape index (κ3) is 23.7. The van der Waals surface area contributed by atoms with Crippen LogP contribution in [0.3, 0.4) is 0 Å². The number of phenolic OH excluding ortho intramolecular Hbond substituents is 1. The second kappa shape index (κ2) is 38.0. The van der Waals surface area contributed by atoms with Gasteiger partial charge in [-0.2, -0.15) is 0 Å². The average Bonchev–Trinajstić information content (AvgIpc) is 1.75. The first kappa shape index (κ1) is 79.0. The maximum Gasteiger partial charge on any atom is 0.245 e. The van der Waals surface area contributed by atoms with Gasteiger partial charge >= 0.3 is 0 Å². The number of aromatic hydroxyl groups is 1. The summed E-state index contributed by atoms with van der Waals surface area (Å²) in [6.07, 6.45) is 0.0405. The molecule has 2 aliphatic rings. The van der Waals surface area contributed by atoms with Gasteiger partial charge in [0.15, 0.2) is 11.9 Å². The third-order valence-electron chi connectivity index (χ3n) is 18.1. The number of nitrogens with zero attached hydrogens (tertiary/aromatic N) is 3. The van der Waals surface area contributed by atoms with Crippen LogP contribution in [-0.2, 0) is 78.4 Å². The van der Waals surface area contributed by atoms with Crippen LogP contribution in [0.2, 0.25) is 0 Å². The van der Waals surface area contributed by atoms with E-state index >= 15 is 19.2 Å². The number of carbonyl (C=O) groups excluding carboxylic acids is 11. The molecule has 0 radical (unpaired) electrons. The van der Waals surface area contributed by atoms with Gasteiger partial charge in [-0.1, -0.05) is 98.8 Å². The molecule has 0 spiro atoms. The number of phenols is 1. The first-order valence-corrected chi connectivity index (χ1v) is 34.9. The van der Waals surface area contributed by atoms with Gasteiger partial charge in [0.05, 0.1) is 6.04 Å². The number of benzene rings is 5. The summed E-state index contributed by atoms with van der Waals surface area (Å²) >= 11 is 0. The van der Waals surface area contributed by atoms with Gasteiger partial charge in [-0.25, -0.2) is 4.39 Å². The number of halogens is 1. The number of amides is 11. The number of hydrogen-bond acceptors (Lipinski definition) is 15.